The molecule has 121 heavy (non-hydrogen) atoms. The van der Waals surface area contributed by atoms with E-state index in [1.165, 1.54) is 150 Å². The van der Waals surface area contributed by atoms with Gasteiger partial charge in [0.15, 0.2) is 0 Å². The number of anilines is 15. The van der Waals surface area contributed by atoms with Crippen LogP contribution >= 0.6 is 0 Å². The molecule has 0 saturated carbocycles. The zero-order chi connectivity index (χ0) is 86.6. The number of fused-ring (bicyclic) bond motifs is 12. The molecule has 6 aliphatic rings. The van der Waals surface area contributed by atoms with E-state index >= 15 is 0 Å². The molecule has 6 heterocycles. The molecular formula is C112H126B3N5O. The van der Waals surface area contributed by atoms with Gasteiger partial charge in [-0.05, 0) is 280 Å². The van der Waals surface area contributed by atoms with Gasteiger partial charge in [0.25, 0.3) is 20.1 Å². The van der Waals surface area contributed by atoms with Gasteiger partial charge in [-0.15, -0.1) is 0 Å². The highest BCUT2D eigenvalue weighted by molar-refractivity contribution is 7.04. The van der Waals surface area contributed by atoms with E-state index in [2.05, 4.69) is 451 Å². The quantitative estimate of drug-likeness (QED) is 0.159. The second kappa shape index (κ2) is 27.1. The third kappa shape index (κ3) is 13.6. The van der Waals surface area contributed by atoms with Crippen molar-refractivity contribution in [1.82, 2.24) is 0 Å². The second-order valence-electron chi connectivity index (χ2n) is 46.5. The molecule has 6 aliphatic heterocycles. The van der Waals surface area contributed by atoms with Crippen LogP contribution in [0.4, 0.5) is 85.3 Å². The fraction of sp³-hybridized carbons (Fsp3) is 0.357. The fourth-order valence-corrected chi connectivity index (χ4v) is 19.9. The molecular weight excluding hydrogens is 1460 g/mol. The highest BCUT2D eigenvalue weighted by Crippen LogP contribution is 2.54. The van der Waals surface area contributed by atoms with E-state index in [1.54, 1.807) is 0 Å². The smallest absolute Gasteiger partial charge is 0.256 e. The van der Waals surface area contributed by atoms with Crippen LogP contribution in [0.5, 0.6) is 11.5 Å². The van der Waals surface area contributed by atoms with Gasteiger partial charge in [-0.1, -0.05) is 305 Å². The number of hydrogen-bond donors (Lipinski definition) is 0. The van der Waals surface area contributed by atoms with E-state index in [4.69, 9.17) is 4.74 Å². The summed E-state index contributed by atoms with van der Waals surface area (Å²) in [7, 11) is 0. The molecule has 0 atom stereocenters. The largest absolute Gasteiger partial charge is 0.458 e. The van der Waals surface area contributed by atoms with Crippen LogP contribution in [0.1, 0.15) is 263 Å². The normalized spacial score (nSPS) is 15.0. The van der Waals surface area contributed by atoms with Crippen LogP contribution in [0.15, 0.2) is 218 Å². The molecule has 0 fully saturated rings. The molecule has 0 radical (unpaired) electrons. The Morgan fingerprint density at radius 3 is 0.653 bits per heavy atom. The minimum atomic E-state index is -0.302. The molecule has 0 N–H and O–H groups in total. The third-order valence-corrected chi connectivity index (χ3v) is 27.4. The van der Waals surface area contributed by atoms with Crippen LogP contribution in [-0.2, 0) is 54.1 Å². The fourth-order valence-electron chi connectivity index (χ4n) is 19.9. The van der Waals surface area contributed by atoms with Crippen molar-refractivity contribution in [3.8, 4) is 11.5 Å². The van der Waals surface area contributed by atoms with E-state index < -0.39 is 0 Å². The molecule has 0 aliphatic carbocycles. The van der Waals surface area contributed by atoms with Crippen molar-refractivity contribution in [2.24, 2.45) is 0 Å². The molecule has 12 aromatic rings. The molecule has 12 aromatic carbocycles. The van der Waals surface area contributed by atoms with Gasteiger partial charge in [0.1, 0.15) is 11.5 Å². The number of ether oxygens (including phenoxy) is 1. The van der Waals surface area contributed by atoms with Crippen molar-refractivity contribution in [3.05, 3.63) is 274 Å². The van der Waals surface area contributed by atoms with Crippen molar-refractivity contribution in [1.29, 1.82) is 0 Å². The van der Waals surface area contributed by atoms with Gasteiger partial charge in [-0.25, -0.2) is 0 Å². The Labute approximate surface area is 726 Å². The number of nitrogens with zero attached hydrogens (tertiary/aromatic N) is 5. The van der Waals surface area contributed by atoms with Crippen LogP contribution < -0.4 is 78.4 Å². The number of benzene rings is 12. The molecule has 18 rings (SSSR count). The summed E-state index contributed by atoms with van der Waals surface area (Å²) in [6.07, 6.45) is 0. The minimum Gasteiger partial charge on any atom is -0.458 e. The first kappa shape index (κ1) is 81.6. The average molecular weight is 1590 g/mol. The zero-order valence-electron chi connectivity index (χ0n) is 78.2. The summed E-state index contributed by atoms with van der Waals surface area (Å²) < 4.78 is 7.54. The lowest BCUT2D eigenvalue weighted by molar-refractivity contribution is 0.482. The average Bonchev–Trinajstić information content (AvgIpc) is 0.676. The monoisotopic (exact) mass is 1590 g/mol. The Morgan fingerprint density at radius 1 is 0.165 bits per heavy atom. The first-order valence-corrected chi connectivity index (χ1v) is 44.7. The van der Waals surface area contributed by atoms with Gasteiger partial charge in [0.05, 0.1) is 0 Å². The Kier molecular flexibility index (Phi) is 18.3. The molecule has 0 aromatic heterocycles. The van der Waals surface area contributed by atoms with Gasteiger partial charge in [0.2, 0.25) is 0 Å². The van der Waals surface area contributed by atoms with Crippen LogP contribution in [-0.4, -0.2) is 20.1 Å². The van der Waals surface area contributed by atoms with Crippen molar-refractivity contribution in [2.45, 2.75) is 262 Å². The SMILES string of the molecule is CC(C)(C)c1ccc(N2c3cc4c(cc3B3c5cc(C(C)(C)C)ccc5Oc5cc(C(C)(C)C)cc2c53)B2c3cc5c(cc3N(c3ccc(C(C)(C)C)cc3)c3cc(C(C)(C)C)cc(c32)N4c2ccc(C(C)(C)C)cc2)N(c2ccc(C(C)(C)C)cc2)c2cc(C(C)(C)C)cc3c2B5c2cc(C(C)(C)C)ccc2N3c2ccc(C(C)(C)C)cc2)cc1. The standard InChI is InChI=1S/C112H126B3N5O/c1-103(2,3)67-31-43-77(44-32-67)116-88-53-41-72(108(16,17)18)55-82(88)113-83-63-84-90(65-89(83)117(78-45-33-68(34-46-78)104(4,5)6)94-58-74(110(22,23)24)57-93(116)100(94)113)118(79-47-35-69(36-48-79)105(7,8)9)95-59-75(111(25,26)27)60-96-101(95)114(84)85-64-86-92(66-91(85)119(96)80-49-37-70(38-50-80)106(10,11)12)120(81-51-39-71(40-52-81)107(13,14)15)97-61-76(112(28,29)30)62-99-102(97)115(86)87-56-73(109(19,20)21)42-54-98(87)121-99/h31-66H,1-30H3. The van der Waals surface area contributed by atoms with Crippen LogP contribution in [0.3, 0.4) is 0 Å². The Morgan fingerprint density at radius 2 is 0.380 bits per heavy atom. The summed E-state index contributed by atoms with van der Waals surface area (Å²) >= 11 is 0. The van der Waals surface area contributed by atoms with E-state index in [-0.39, 0.29) is 74.3 Å². The maximum Gasteiger partial charge on any atom is 0.256 e. The lowest BCUT2D eigenvalue weighted by Crippen LogP contribution is -2.66. The maximum atomic E-state index is 7.54. The van der Waals surface area contributed by atoms with Crippen molar-refractivity contribution < 1.29 is 4.74 Å². The Bertz CT molecular complexity index is 6200. The summed E-state index contributed by atoms with van der Waals surface area (Å²) in [5, 5.41) is 0. The molecule has 0 spiro atoms. The van der Waals surface area contributed by atoms with Gasteiger partial charge >= 0.3 is 0 Å². The predicted octanol–water partition coefficient (Wildman–Crippen LogP) is 25.2. The van der Waals surface area contributed by atoms with Crippen molar-refractivity contribution >= 4 is 155 Å². The van der Waals surface area contributed by atoms with Crippen molar-refractivity contribution in [2.75, 3.05) is 24.5 Å². The van der Waals surface area contributed by atoms with E-state index in [0.717, 1.165) is 51.3 Å². The molecule has 9 heteroatoms. The highest BCUT2D eigenvalue weighted by Gasteiger charge is 2.52. The molecule has 0 saturated heterocycles. The number of hydrogen-bond acceptors (Lipinski definition) is 6. The van der Waals surface area contributed by atoms with E-state index in [9.17, 15) is 0 Å². The molecule has 0 unspecified atom stereocenters. The number of rotatable bonds is 5. The summed E-state index contributed by atoms with van der Waals surface area (Å²) in [5.74, 6) is 1.83. The summed E-state index contributed by atoms with van der Waals surface area (Å²) in [6.45, 7) is 70.1. The summed E-state index contributed by atoms with van der Waals surface area (Å²) in [4.78, 5) is 13.4. The first-order chi connectivity index (χ1) is 56.3. The lowest BCUT2D eigenvalue weighted by atomic mass is 9.29. The molecule has 0 bridgehead atoms. The van der Waals surface area contributed by atoms with Gasteiger partial charge < -0.3 is 29.2 Å². The van der Waals surface area contributed by atoms with E-state index in [0.29, 0.717) is 0 Å². The van der Waals surface area contributed by atoms with Crippen LogP contribution in [0, 0.1) is 0 Å². The van der Waals surface area contributed by atoms with Gasteiger partial charge in [-0.2, -0.15) is 0 Å². The third-order valence-electron chi connectivity index (χ3n) is 27.4. The van der Waals surface area contributed by atoms with Crippen LogP contribution in [0.2, 0.25) is 0 Å². The highest BCUT2D eigenvalue weighted by atomic mass is 16.5. The topological polar surface area (TPSA) is 25.4 Å². The Balaban J connectivity index is 1.02. The predicted molar refractivity (Wildman–Crippen MR) is 527 cm³/mol. The van der Waals surface area contributed by atoms with Gasteiger partial charge in [-0.3, -0.25) is 0 Å². The van der Waals surface area contributed by atoms with Crippen molar-refractivity contribution in [3.63, 3.8) is 0 Å². The summed E-state index contributed by atoms with van der Waals surface area (Å²) in [5.41, 5.74) is 40.4. The molecule has 6 nitrogen and oxygen atoms in total. The van der Waals surface area contributed by atoms with Gasteiger partial charge in [0, 0.05) is 85.3 Å². The molecule has 614 valence electrons. The first-order valence-electron chi connectivity index (χ1n) is 44.7. The lowest BCUT2D eigenvalue weighted by Gasteiger charge is -2.49. The van der Waals surface area contributed by atoms with E-state index in [1.807, 2.05) is 0 Å². The maximum absolute atomic E-state index is 7.54. The Hall–Kier alpha value is -10.4. The minimum absolute atomic E-state index is 0.0326. The van der Waals surface area contributed by atoms with Crippen LogP contribution in [0.25, 0.3) is 0 Å². The molecule has 0 amide bonds. The summed E-state index contributed by atoms with van der Waals surface area (Å²) in [6, 6.07) is 88.8. The zero-order valence-corrected chi connectivity index (χ0v) is 78.2. The second-order valence-corrected chi connectivity index (χ2v) is 46.5.